The summed E-state index contributed by atoms with van der Waals surface area (Å²) in [4.78, 5) is 26.5. The van der Waals surface area contributed by atoms with E-state index in [0.717, 1.165) is 16.2 Å². The second-order valence-electron chi connectivity index (χ2n) is 6.40. The average molecular weight is 542 g/mol. The van der Waals surface area contributed by atoms with Crippen LogP contribution in [0, 0.1) is 0 Å². The summed E-state index contributed by atoms with van der Waals surface area (Å²) in [6.07, 6.45) is 1.53. The monoisotopic (exact) mass is 541 g/mol. The number of nitrogens with two attached hydrogens (primary N) is 1. The Morgan fingerprint density at radius 2 is 1.94 bits per heavy atom. The van der Waals surface area contributed by atoms with Gasteiger partial charge in [-0.2, -0.15) is 0 Å². The van der Waals surface area contributed by atoms with Crippen LogP contribution < -0.4 is 10.5 Å². The van der Waals surface area contributed by atoms with E-state index in [-0.39, 0.29) is 35.4 Å². The highest BCUT2D eigenvalue weighted by molar-refractivity contribution is 9.10. The zero-order chi connectivity index (χ0) is 22.8. The van der Waals surface area contributed by atoms with Crippen molar-refractivity contribution in [2.24, 2.45) is 5.14 Å². The van der Waals surface area contributed by atoms with E-state index in [1.165, 1.54) is 35.2 Å². The summed E-state index contributed by atoms with van der Waals surface area (Å²) < 4.78 is 23.6. The maximum Gasteiger partial charge on any atom is 0.266 e. The summed E-state index contributed by atoms with van der Waals surface area (Å²) in [7, 11) is -3.81. The van der Waals surface area contributed by atoms with Gasteiger partial charge in [-0.25, -0.2) is 13.6 Å². The predicted octanol–water partition coefficient (Wildman–Crippen LogP) is 3.03. The van der Waals surface area contributed by atoms with Gasteiger partial charge in [-0.1, -0.05) is 39.9 Å². The molecular weight excluding hydrogens is 526 g/mol. The number of benzene rings is 2. The number of halogens is 1. The third-order valence-electron chi connectivity index (χ3n) is 4.18. The molecule has 0 aromatic heterocycles. The number of rotatable bonds is 6. The molecule has 0 atom stereocenters. The Morgan fingerprint density at radius 1 is 1.26 bits per heavy atom. The van der Waals surface area contributed by atoms with Crippen molar-refractivity contribution in [1.29, 1.82) is 0 Å². The first kappa shape index (κ1) is 23.4. The lowest BCUT2D eigenvalue weighted by atomic mass is 10.2. The molecule has 2 aromatic rings. The summed E-state index contributed by atoms with van der Waals surface area (Å²) >= 11 is 9.67. The first-order valence-corrected chi connectivity index (χ1v) is 12.3. The van der Waals surface area contributed by atoms with E-state index in [1.807, 2.05) is 0 Å². The van der Waals surface area contributed by atoms with Gasteiger partial charge < -0.3 is 10.4 Å². The number of nitrogens with one attached hydrogen (secondary N) is 1. The van der Waals surface area contributed by atoms with E-state index >= 15 is 0 Å². The second kappa shape index (κ2) is 9.49. The van der Waals surface area contributed by atoms with Crippen molar-refractivity contribution in [3.63, 3.8) is 0 Å². The minimum absolute atomic E-state index is 0.0151. The van der Waals surface area contributed by atoms with Crippen LogP contribution in [0.5, 0.6) is 5.75 Å². The van der Waals surface area contributed by atoms with Crippen LogP contribution in [0.2, 0.25) is 0 Å². The number of nitrogens with zero attached hydrogens (tertiary/aromatic N) is 1. The summed E-state index contributed by atoms with van der Waals surface area (Å²) in [5, 5.41) is 17.6. The molecule has 12 heteroatoms. The minimum Gasteiger partial charge on any atom is -0.507 e. The number of carbonyl (C=O) groups is 2. The molecule has 0 saturated carbocycles. The molecule has 2 aromatic carbocycles. The van der Waals surface area contributed by atoms with Gasteiger partial charge in [0.25, 0.3) is 5.91 Å². The van der Waals surface area contributed by atoms with E-state index < -0.39 is 10.0 Å². The molecule has 1 aliphatic rings. The summed E-state index contributed by atoms with van der Waals surface area (Å²) in [6, 6.07) is 10.3. The number of primary sulfonamides is 1. The van der Waals surface area contributed by atoms with Crippen LogP contribution in [-0.4, -0.2) is 41.1 Å². The number of thiocarbonyl (C=S) groups is 1. The Morgan fingerprint density at radius 3 is 2.58 bits per heavy atom. The molecule has 8 nitrogen and oxygen atoms in total. The molecule has 1 saturated heterocycles. The van der Waals surface area contributed by atoms with Crippen LogP contribution in [0.25, 0.3) is 6.08 Å². The normalized spacial score (nSPS) is 15.5. The van der Waals surface area contributed by atoms with Crippen LogP contribution in [0.3, 0.4) is 0 Å². The van der Waals surface area contributed by atoms with Crippen LogP contribution in [0.1, 0.15) is 12.0 Å². The maximum atomic E-state index is 12.7. The molecule has 1 aliphatic heterocycles. The van der Waals surface area contributed by atoms with Gasteiger partial charge in [0.05, 0.1) is 9.80 Å². The van der Waals surface area contributed by atoms with Gasteiger partial charge in [0, 0.05) is 28.7 Å². The number of sulfonamides is 1. The fraction of sp³-hybridized carbons (Fsp3) is 0.105. The number of thioether (sulfide) groups is 1. The molecule has 0 spiro atoms. The topological polar surface area (TPSA) is 130 Å². The van der Waals surface area contributed by atoms with Gasteiger partial charge in [-0.3, -0.25) is 14.5 Å². The van der Waals surface area contributed by atoms with Crippen molar-refractivity contribution >= 4 is 77.8 Å². The van der Waals surface area contributed by atoms with Crippen molar-refractivity contribution in [3.8, 4) is 5.75 Å². The Labute approximate surface area is 196 Å². The zero-order valence-electron chi connectivity index (χ0n) is 15.7. The van der Waals surface area contributed by atoms with Gasteiger partial charge in [0.2, 0.25) is 15.9 Å². The summed E-state index contributed by atoms with van der Waals surface area (Å²) in [5.74, 6) is -0.688. The average Bonchev–Trinajstić information content (AvgIpc) is 2.95. The van der Waals surface area contributed by atoms with Gasteiger partial charge in [0.15, 0.2) is 0 Å². The summed E-state index contributed by atoms with van der Waals surface area (Å²) in [6.45, 7) is 0.0770. The Hall–Kier alpha value is -2.25. The molecule has 3 rings (SSSR count). The quantitative estimate of drug-likeness (QED) is 0.378. The van der Waals surface area contributed by atoms with Crippen molar-refractivity contribution < 1.29 is 23.1 Å². The largest absolute Gasteiger partial charge is 0.507 e. The number of amides is 2. The third kappa shape index (κ3) is 5.92. The van der Waals surface area contributed by atoms with Crippen molar-refractivity contribution in [3.05, 3.63) is 57.4 Å². The van der Waals surface area contributed by atoms with Gasteiger partial charge in [-0.15, -0.1) is 0 Å². The highest BCUT2D eigenvalue weighted by Crippen LogP contribution is 2.34. The lowest BCUT2D eigenvalue weighted by Gasteiger charge is -2.14. The molecule has 1 fully saturated rings. The van der Waals surface area contributed by atoms with Crippen molar-refractivity contribution in [1.82, 2.24) is 4.90 Å². The first-order valence-electron chi connectivity index (χ1n) is 8.71. The van der Waals surface area contributed by atoms with E-state index in [9.17, 15) is 23.1 Å². The Bertz CT molecular complexity index is 1200. The van der Waals surface area contributed by atoms with Crippen LogP contribution in [-0.2, 0) is 19.6 Å². The predicted molar refractivity (Wildman–Crippen MR) is 127 cm³/mol. The smallest absolute Gasteiger partial charge is 0.266 e. The Kier molecular flexibility index (Phi) is 7.17. The number of phenols is 1. The molecule has 162 valence electrons. The lowest BCUT2D eigenvalue weighted by Crippen LogP contribution is -2.31. The fourth-order valence-corrected chi connectivity index (χ4v) is 4.83. The number of aromatic hydroxyl groups is 1. The van der Waals surface area contributed by atoms with Gasteiger partial charge in [0.1, 0.15) is 10.1 Å². The number of phenolic OH excluding ortho intramolecular Hbond substituents is 1. The lowest BCUT2D eigenvalue weighted by molar-refractivity contribution is -0.122. The fourth-order valence-electron chi connectivity index (χ4n) is 2.64. The Balaban J connectivity index is 1.62. The summed E-state index contributed by atoms with van der Waals surface area (Å²) in [5.41, 5.74) is 0.864. The molecule has 2 amide bonds. The highest BCUT2D eigenvalue weighted by atomic mass is 79.9. The third-order valence-corrected chi connectivity index (χ3v) is 6.98. The van der Waals surface area contributed by atoms with E-state index in [0.29, 0.717) is 20.5 Å². The number of hydrogen-bond donors (Lipinski definition) is 3. The van der Waals surface area contributed by atoms with E-state index in [2.05, 4.69) is 21.2 Å². The zero-order valence-corrected chi connectivity index (χ0v) is 19.8. The molecule has 0 bridgehead atoms. The minimum atomic E-state index is -3.81. The molecule has 0 unspecified atom stereocenters. The molecule has 1 heterocycles. The SMILES string of the molecule is NS(=O)(=O)c1ccc(NC(=O)CCN2C(=O)/C(=C/c3cc(Br)ccc3O)SC2=S)cc1. The highest BCUT2D eigenvalue weighted by Gasteiger charge is 2.32. The molecule has 0 radical (unpaired) electrons. The number of carbonyl (C=O) groups excluding carboxylic acids is 2. The van der Waals surface area contributed by atoms with E-state index in [4.69, 9.17) is 17.4 Å². The number of anilines is 1. The molecular formula is C19H16BrN3O5S3. The standard InChI is InChI=1S/C19H16BrN3O5S3/c20-12-1-6-15(24)11(9-12)10-16-18(26)23(19(29)30-16)8-7-17(25)22-13-2-4-14(5-3-13)31(21,27)28/h1-6,9-10,24H,7-8H2,(H,22,25)(H2,21,27,28)/b16-10-. The van der Waals surface area contributed by atoms with Crippen LogP contribution in [0.4, 0.5) is 5.69 Å². The molecule has 31 heavy (non-hydrogen) atoms. The van der Waals surface area contributed by atoms with E-state index in [1.54, 1.807) is 18.2 Å². The molecule has 0 aliphatic carbocycles. The van der Waals surface area contributed by atoms with Gasteiger partial charge in [-0.05, 0) is 48.5 Å². The van der Waals surface area contributed by atoms with Crippen LogP contribution >= 0.6 is 39.9 Å². The molecule has 4 N–H and O–H groups in total. The van der Waals surface area contributed by atoms with Gasteiger partial charge >= 0.3 is 0 Å². The number of hydrogen-bond acceptors (Lipinski definition) is 7. The van der Waals surface area contributed by atoms with Crippen LogP contribution in [0.15, 0.2) is 56.7 Å². The first-order chi connectivity index (χ1) is 14.5. The maximum absolute atomic E-state index is 12.7. The van der Waals surface area contributed by atoms with Crippen molar-refractivity contribution in [2.75, 3.05) is 11.9 Å². The second-order valence-corrected chi connectivity index (χ2v) is 10.6. The van der Waals surface area contributed by atoms with Crippen molar-refractivity contribution in [2.45, 2.75) is 11.3 Å².